The van der Waals surface area contributed by atoms with Gasteiger partial charge < -0.3 is 11.1 Å². The second-order valence-electron chi connectivity index (χ2n) is 6.45. The van der Waals surface area contributed by atoms with Gasteiger partial charge in [-0.3, -0.25) is 4.79 Å². The molecule has 3 N–H and O–H groups in total. The first-order valence-corrected chi connectivity index (χ1v) is 9.63. The number of aryl methyl sites for hydroxylation is 2. The molecule has 1 aliphatic carbocycles. The monoisotopic (exact) mass is 364 g/mol. The molecule has 0 spiro atoms. The molecule has 26 heavy (non-hydrogen) atoms. The summed E-state index contributed by atoms with van der Waals surface area (Å²) in [5.74, 6) is -0.174. The Hall–Kier alpha value is -2.73. The summed E-state index contributed by atoms with van der Waals surface area (Å²) < 4.78 is 0. The molecule has 3 aromatic rings. The number of hydrogen-bond acceptors (Lipinski definition) is 5. The fourth-order valence-electron chi connectivity index (χ4n) is 3.43. The lowest BCUT2D eigenvalue weighted by atomic mass is 9.89. The number of nitrogen functional groups attached to an aromatic ring is 1. The van der Waals surface area contributed by atoms with E-state index in [1.807, 2.05) is 17.5 Å². The highest BCUT2D eigenvalue weighted by molar-refractivity contribution is 7.10. The van der Waals surface area contributed by atoms with E-state index in [-0.39, 0.29) is 23.5 Å². The first-order valence-electron chi connectivity index (χ1n) is 8.75. The molecule has 5 nitrogen and oxygen atoms in total. The van der Waals surface area contributed by atoms with Crippen molar-refractivity contribution in [3.8, 4) is 0 Å². The van der Waals surface area contributed by atoms with E-state index in [2.05, 4.69) is 33.5 Å². The van der Waals surface area contributed by atoms with E-state index in [1.165, 1.54) is 36.4 Å². The molecule has 1 aliphatic rings. The zero-order valence-corrected chi connectivity index (χ0v) is 15.1. The number of benzene rings is 1. The Labute approximate surface area is 156 Å². The van der Waals surface area contributed by atoms with Crippen molar-refractivity contribution in [3.63, 3.8) is 0 Å². The number of nitrogens with zero attached hydrogens (tertiary/aromatic N) is 2. The molecule has 1 aromatic carbocycles. The first-order chi connectivity index (χ1) is 12.7. The maximum atomic E-state index is 12.7. The minimum atomic E-state index is -0.313. The highest BCUT2D eigenvalue weighted by Crippen LogP contribution is 2.30. The molecule has 0 bridgehead atoms. The second kappa shape index (κ2) is 7.25. The smallest absolute Gasteiger partial charge is 0.274 e. The summed E-state index contributed by atoms with van der Waals surface area (Å²) in [6.07, 6.45) is 7.68. The molecule has 1 atom stereocenters. The van der Waals surface area contributed by atoms with Crippen LogP contribution in [0.1, 0.15) is 50.9 Å². The van der Waals surface area contributed by atoms with E-state index >= 15 is 0 Å². The molecule has 4 rings (SSSR count). The largest absolute Gasteiger partial charge is 0.382 e. The number of fused-ring (bicyclic) bond motifs is 1. The van der Waals surface area contributed by atoms with E-state index in [0.29, 0.717) is 0 Å². The number of thiophene rings is 1. The van der Waals surface area contributed by atoms with Gasteiger partial charge in [-0.05, 0) is 53.8 Å². The fraction of sp³-hybridized carbons (Fsp3) is 0.250. The lowest BCUT2D eigenvalue weighted by Crippen LogP contribution is -2.30. The molecular weight excluding hydrogens is 344 g/mol. The molecular formula is C20H20N4OS. The summed E-state index contributed by atoms with van der Waals surface area (Å²) in [6, 6.07) is 10.4. The summed E-state index contributed by atoms with van der Waals surface area (Å²) in [7, 11) is 0. The molecule has 6 heteroatoms. The van der Waals surface area contributed by atoms with Crippen molar-refractivity contribution in [1.82, 2.24) is 15.3 Å². The van der Waals surface area contributed by atoms with Crippen molar-refractivity contribution >= 4 is 23.1 Å². The first kappa shape index (κ1) is 16.7. The fourth-order valence-corrected chi connectivity index (χ4v) is 4.23. The third-order valence-corrected chi connectivity index (χ3v) is 5.69. The van der Waals surface area contributed by atoms with Gasteiger partial charge in [0.1, 0.15) is 0 Å². The predicted octanol–water partition coefficient (Wildman–Crippen LogP) is 3.52. The Balaban J connectivity index is 1.68. The van der Waals surface area contributed by atoms with Crippen LogP contribution in [0.15, 0.2) is 48.1 Å². The number of anilines is 1. The molecule has 0 saturated heterocycles. The maximum Gasteiger partial charge on any atom is 0.274 e. The van der Waals surface area contributed by atoms with E-state index < -0.39 is 0 Å². The minimum absolute atomic E-state index is 0.139. The molecule has 1 unspecified atom stereocenters. The molecule has 0 radical (unpaired) electrons. The molecule has 2 aromatic heterocycles. The third kappa shape index (κ3) is 3.32. The molecule has 132 valence electrons. The van der Waals surface area contributed by atoms with Gasteiger partial charge in [0.2, 0.25) is 0 Å². The van der Waals surface area contributed by atoms with Crippen LogP contribution < -0.4 is 11.1 Å². The maximum absolute atomic E-state index is 12.7. The normalized spacial score (nSPS) is 14.5. The summed E-state index contributed by atoms with van der Waals surface area (Å²) >= 11 is 1.62. The van der Waals surface area contributed by atoms with Gasteiger partial charge in [-0.25, -0.2) is 9.97 Å². The van der Waals surface area contributed by atoms with Crippen LogP contribution in [0.2, 0.25) is 0 Å². The van der Waals surface area contributed by atoms with Crippen LogP contribution in [0, 0.1) is 0 Å². The van der Waals surface area contributed by atoms with Gasteiger partial charge in [-0.1, -0.05) is 24.3 Å². The Kier molecular flexibility index (Phi) is 4.67. The van der Waals surface area contributed by atoms with Crippen LogP contribution in [-0.2, 0) is 12.8 Å². The summed E-state index contributed by atoms with van der Waals surface area (Å²) in [5, 5.41) is 5.11. The molecule has 0 saturated carbocycles. The molecule has 0 aliphatic heterocycles. The van der Waals surface area contributed by atoms with Gasteiger partial charge in [-0.2, -0.15) is 0 Å². The van der Waals surface area contributed by atoms with Crippen molar-refractivity contribution in [3.05, 3.63) is 75.4 Å². The lowest BCUT2D eigenvalue weighted by Gasteiger charge is -2.22. The van der Waals surface area contributed by atoms with E-state index in [4.69, 9.17) is 5.73 Å². The van der Waals surface area contributed by atoms with Gasteiger partial charge in [0.15, 0.2) is 11.5 Å². The topological polar surface area (TPSA) is 80.9 Å². The van der Waals surface area contributed by atoms with Gasteiger partial charge in [0, 0.05) is 17.3 Å². The number of nitrogens with two attached hydrogens (primary N) is 1. The number of carbonyl (C=O) groups excluding carboxylic acids is 1. The number of rotatable bonds is 4. The Bertz CT molecular complexity index is 923. The number of carbonyl (C=O) groups is 1. The van der Waals surface area contributed by atoms with Crippen LogP contribution in [0.5, 0.6) is 0 Å². The summed E-state index contributed by atoms with van der Waals surface area (Å²) in [5.41, 5.74) is 9.88. The van der Waals surface area contributed by atoms with Crippen LogP contribution in [0.4, 0.5) is 5.82 Å². The average Bonchev–Trinajstić information content (AvgIpc) is 3.20. The van der Waals surface area contributed by atoms with Gasteiger partial charge in [-0.15, -0.1) is 11.3 Å². The highest BCUT2D eigenvalue weighted by atomic mass is 32.1. The minimum Gasteiger partial charge on any atom is -0.382 e. The highest BCUT2D eigenvalue weighted by Gasteiger charge is 2.22. The average molecular weight is 364 g/mol. The van der Waals surface area contributed by atoms with E-state index in [9.17, 15) is 4.79 Å². The SMILES string of the molecule is Nc1nccnc1C(=O)NC(c1ccc2c(c1)CCCC2)c1cccs1. The Morgan fingerprint density at radius 1 is 1.12 bits per heavy atom. The number of aromatic nitrogens is 2. The zero-order valence-electron chi connectivity index (χ0n) is 14.3. The quantitative estimate of drug-likeness (QED) is 0.742. The van der Waals surface area contributed by atoms with Crippen molar-refractivity contribution in [2.75, 3.05) is 5.73 Å². The summed E-state index contributed by atoms with van der Waals surface area (Å²) in [6.45, 7) is 0. The van der Waals surface area contributed by atoms with Crippen molar-refractivity contribution in [2.24, 2.45) is 0 Å². The van der Waals surface area contributed by atoms with Crippen molar-refractivity contribution < 1.29 is 4.79 Å². The molecule has 2 heterocycles. The zero-order chi connectivity index (χ0) is 17.9. The van der Waals surface area contributed by atoms with Gasteiger partial charge >= 0.3 is 0 Å². The molecule has 1 amide bonds. The standard InChI is InChI=1S/C20H20N4OS/c21-19-18(22-9-10-23-19)20(25)24-17(16-6-3-11-26-16)15-8-7-13-4-1-2-5-14(13)12-15/h3,6-12,17H,1-2,4-5H2,(H2,21,23)(H,24,25). The lowest BCUT2D eigenvalue weighted by molar-refractivity contribution is 0.0939. The van der Waals surface area contributed by atoms with Crippen molar-refractivity contribution in [1.29, 1.82) is 0 Å². The van der Waals surface area contributed by atoms with Gasteiger partial charge in [0.25, 0.3) is 5.91 Å². The third-order valence-electron chi connectivity index (χ3n) is 4.75. The van der Waals surface area contributed by atoms with Crippen LogP contribution in [0.25, 0.3) is 0 Å². The Morgan fingerprint density at radius 2 is 1.92 bits per heavy atom. The number of hydrogen-bond donors (Lipinski definition) is 2. The number of amides is 1. The second-order valence-corrected chi connectivity index (χ2v) is 7.43. The predicted molar refractivity (Wildman–Crippen MR) is 103 cm³/mol. The van der Waals surface area contributed by atoms with E-state index in [0.717, 1.165) is 23.3 Å². The molecule has 0 fully saturated rings. The Morgan fingerprint density at radius 3 is 2.69 bits per heavy atom. The van der Waals surface area contributed by atoms with Crippen LogP contribution >= 0.6 is 11.3 Å². The van der Waals surface area contributed by atoms with Gasteiger partial charge in [0.05, 0.1) is 6.04 Å². The summed E-state index contributed by atoms with van der Waals surface area (Å²) in [4.78, 5) is 21.9. The van der Waals surface area contributed by atoms with Crippen LogP contribution in [0.3, 0.4) is 0 Å². The van der Waals surface area contributed by atoms with Crippen LogP contribution in [-0.4, -0.2) is 15.9 Å². The number of nitrogens with one attached hydrogen (secondary N) is 1. The van der Waals surface area contributed by atoms with Crippen molar-refractivity contribution in [2.45, 2.75) is 31.7 Å². The van der Waals surface area contributed by atoms with E-state index in [1.54, 1.807) is 11.3 Å².